The van der Waals surface area contributed by atoms with Crippen molar-refractivity contribution >= 4 is 54.4 Å². The molecule has 6 rings (SSSR count). The lowest BCUT2D eigenvalue weighted by molar-refractivity contribution is 0.260. The second-order valence-corrected chi connectivity index (χ2v) is 15.1. The maximum absolute atomic E-state index is 6.89. The van der Waals surface area contributed by atoms with Gasteiger partial charge in [0.15, 0.2) is 23.0 Å². The zero-order valence-corrected chi connectivity index (χ0v) is 34.8. The van der Waals surface area contributed by atoms with Gasteiger partial charge in [0.05, 0.1) is 44.1 Å². The number of hydrogen-bond donors (Lipinski definition) is 0. The lowest BCUT2D eigenvalue weighted by Crippen LogP contribution is -2.05. The van der Waals surface area contributed by atoms with E-state index in [1.165, 1.54) is 0 Å². The summed E-state index contributed by atoms with van der Waals surface area (Å²) in [5.41, 5.74) is 3.23. The summed E-state index contributed by atoms with van der Waals surface area (Å²) in [7, 11) is 0. The minimum atomic E-state index is 0.597. The number of benzene rings is 5. The van der Waals surface area contributed by atoms with Crippen molar-refractivity contribution in [1.82, 2.24) is 9.97 Å². The molecule has 0 amide bonds. The molecular weight excluding hydrogens is 697 g/mol. The third-order valence-corrected chi connectivity index (χ3v) is 10.6. The van der Waals surface area contributed by atoms with Gasteiger partial charge in [-0.15, -0.1) is 0 Å². The number of para-hydroxylation sites is 2. The van der Waals surface area contributed by atoms with E-state index in [0.29, 0.717) is 33.0 Å². The maximum Gasteiger partial charge on any atom is 0.169 e. The lowest BCUT2D eigenvalue weighted by atomic mass is 9.91. The summed E-state index contributed by atoms with van der Waals surface area (Å²) in [5, 5.41) is 6.18. The molecule has 0 bridgehead atoms. The Balaban J connectivity index is 1.71. The standard InChI is InChI=1S/C49H64N2O5/c1-6-11-18-27-52-41-26-25-35-36-32-42(53-28-19-12-7-2)43(54-29-20-13-8-3)33-37(36)38-34-44(55-30-21-14-9-4)47-48(51-40-24-17-16-23-39(40)50-47)45(38)46(35)49(41)56-31-22-15-10-5/h16-17,23-26,32-34H,6-15,18-22,27-31H2,1-5H3. The first kappa shape index (κ1) is 41.1. The molecule has 56 heavy (non-hydrogen) atoms. The molecule has 7 heteroatoms. The van der Waals surface area contributed by atoms with Crippen LogP contribution in [0.5, 0.6) is 28.7 Å². The molecule has 1 heterocycles. The molecule has 300 valence electrons. The molecule has 6 aromatic rings. The monoisotopic (exact) mass is 760 g/mol. The van der Waals surface area contributed by atoms with Gasteiger partial charge in [0.1, 0.15) is 16.8 Å². The van der Waals surface area contributed by atoms with Crippen LogP contribution in [0, 0.1) is 0 Å². The van der Waals surface area contributed by atoms with E-state index in [-0.39, 0.29) is 0 Å². The molecule has 0 fully saturated rings. The van der Waals surface area contributed by atoms with Crippen molar-refractivity contribution in [1.29, 1.82) is 0 Å². The molecule has 0 aliphatic rings. The highest BCUT2D eigenvalue weighted by Crippen LogP contribution is 2.50. The normalized spacial score (nSPS) is 11.7. The summed E-state index contributed by atoms with van der Waals surface area (Å²) < 4.78 is 33.3. The van der Waals surface area contributed by atoms with E-state index in [1.54, 1.807) is 0 Å². The van der Waals surface area contributed by atoms with Crippen LogP contribution in [-0.2, 0) is 0 Å². The van der Waals surface area contributed by atoms with Crippen molar-refractivity contribution in [2.24, 2.45) is 0 Å². The van der Waals surface area contributed by atoms with E-state index >= 15 is 0 Å². The van der Waals surface area contributed by atoms with Gasteiger partial charge in [-0.25, -0.2) is 9.97 Å². The first-order valence-corrected chi connectivity index (χ1v) is 21.9. The van der Waals surface area contributed by atoms with E-state index in [2.05, 4.69) is 65.0 Å². The topological polar surface area (TPSA) is 71.9 Å². The molecule has 0 saturated carbocycles. The highest BCUT2D eigenvalue weighted by Gasteiger charge is 2.24. The smallest absolute Gasteiger partial charge is 0.169 e. The van der Waals surface area contributed by atoms with Crippen LogP contribution in [0.4, 0.5) is 0 Å². The second kappa shape index (κ2) is 21.1. The molecule has 7 nitrogen and oxygen atoms in total. The Labute approximate surface area is 334 Å². The molecule has 0 aliphatic heterocycles. The summed E-state index contributed by atoms with van der Waals surface area (Å²) in [5.74, 6) is 3.82. The maximum atomic E-state index is 6.89. The van der Waals surface area contributed by atoms with Gasteiger partial charge in [0.25, 0.3) is 0 Å². The predicted octanol–water partition coefficient (Wildman–Crippen LogP) is 14.1. The first-order chi connectivity index (χ1) is 27.6. The van der Waals surface area contributed by atoms with Crippen molar-refractivity contribution in [2.75, 3.05) is 33.0 Å². The fourth-order valence-electron chi connectivity index (χ4n) is 7.51. The van der Waals surface area contributed by atoms with Crippen LogP contribution in [-0.4, -0.2) is 43.0 Å². The van der Waals surface area contributed by atoms with Gasteiger partial charge in [-0.05, 0) is 96.1 Å². The molecule has 0 N–H and O–H groups in total. The van der Waals surface area contributed by atoms with Crippen molar-refractivity contribution in [3.63, 3.8) is 0 Å². The summed E-state index contributed by atoms with van der Waals surface area (Å²) >= 11 is 0. The van der Waals surface area contributed by atoms with Gasteiger partial charge >= 0.3 is 0 Å². The Hall–Kier alpha value is -4.52. The highest BCUT2D eigenvalue weighted by atomic mass is 16.5. The molecule has 0 spiro atoms. The summed E-state index contributed by atoms with van der Waals surface area (Å²) in [6.07, 6.45) is 16.1. The Morgan fingerprint density at radius 2 is 0.804 bits per heavy atom. The number of unbranched alkanes of at least 4 members (excludes halogenated alkanes) is 10. The third-order valence-electron chi connectivity index (χ3n) is 10.6. The number of fused-ring (bicyclic) bond motifs is 9. The Kier molecular flexibility index (Phi) is 15.5. The third kappa shape index (κ3) is 9.70. The lowest BCUT2D eigenvalue weighted by Gasteiger charge is -2.21. The minimum absolute atomic E-state index is 0.597. The van der Waals surface area contributed by atoms with Gasteiger partial charge in [-0.2, -0.15) is 0 Å². The van der Waals surface area contributed by atoms with Gasteiger partial charge in [0.2, 0.25) is 0 Å². The Morgan fingerprint density at radius 1 is 0.375 bits per heavy atom. The van der Waals surface area contributed by atoms with Gasteiger partial charge in [0, 0.05) is 10.8 Å². The second-order valence-electron chi connectivity index (χ2n) is 15.1. The van der Waals surface area contributed by atoms with Crippen LogP contribution < -0.4 is 23.7 Å². The zero-order chi connectivity index (χ0) is 39.1. The summed E-state index contributed by atoms with van der Waals surface area (Å²) in [6.45, 7) is 14.2. The van der Waals surface area contributed by atoms with Crippen LogP contribution in [0.2, 0.25) is 0 Å². The fourth-order valence-corrected chi connectivity index (χ4v) is 7.51. The van der Waals surface area contributed by atoms with E-state index < -0.39 is 0 Å². The Morgan fingerprint density at radius 3 is 1.32 bits per heavy atom. The molecular formula is C49H64N2O5. The van der Waals surface area contributed by atoms with Gasteiger partial charge in [-0.1, -0.05) is 111 Å². The van der Waals surface area contributed by atoms with Crippen LogP contribution in [0.15, 0.2) is 54.6 Å². The van der Waals surface area contributed by atoms with E-state index in [4.69, 9.17) is 33.7 Å². The van der Waals surface area contributed by atoms with Crippen LogP contribution in [0.3, 0.4) is 0 Å². The first-order valence-electron chi connectivity index (χ1n) is 21.9. The number of rotatable bonds is 25. The van der Waals surface area contributed by atoms with Crippen LogP contribution in [0.25, 0.3) is 54.4 Å². The van der Waals surface area contributed by atoms with Crippen LogP contribution >= 0.6 is 0 Å². The average Bonchev–Trinajstić information content (AvgIpc) is 3.22. The average molecular weight is 761 g/mol. The van der Waals surface area contributed by atoms with E-state index in [9.17, 15) is 0 Å². The Bertz CT molecular complexity index is 2180. The SMILES string of the molecule is CCCCCOc1cc2c(cc1OCCCCC)c1cc(OCCCCC)c3nc4ccccc4nc3c1c1c(OCCCCC)c(OCCCCC)ccc21. The minimum Gasteiger partial charge on any atom is -0.491 e. The number of aromatic nitrogens is 2. The quantitative estimate of drug-likeness (QED) is 0.0327. The van der Waals surface area contributed by atoms with Crippen molar-refractivity contribution in [3.05, 3.63) is 54.6 Å². The summed E-state index contributed by atoms with van der Waals surface area (Å²) in [6, 6.07) is 19.0. The van der Waals surface area contributed by atoms with E-state index in [0.717, 1.165) is 179 Å². The van der Waals surface area contributed by atoms with Crippen molar-refractivity contribution in [2.45, 2.75) is 131 Å². The van der Waals surface area contributed by atoms with Gasteiger partial charge < -0.3 is 23.7 Å². The summed E-state index contributed by atoms with van der Waals surface area (Å²) in [4.78, 5) is 10.7. The highest BCUT2D eigenvalue weighted by molar-refractivity contribution is 6.33. The van der Waals surface area contributed by atoms with Crippen molar-refractivity contribution in [3.8, 4) is 28.7 Å². The molecule has 0 aliphatic carbocycles. The molecule has 0 atom stereocenters. The number of nitrogens with zero attached hydrogens (tertiary/aromatic N) is 2. The van der Waals surface area contributed by atoms with Crippen LogP contribution in [0.1, 0.15) is 131 Å². The molecule has 5 aromatic carbocycles. The molecule has 1 aromatic heterocycles. The molecule has 0 unspecified atom stereocenters. The largest absolute Gasteiger partial charge is 0.491 e. The van der Waals surface area contributed by atoms with Gasteiger partial charge in [-0.3, -0.25) is 0 Å². The zero-order valence-electron chi connectivity index (χ0n) is 34.8. The predicted molar refractivity (Wildman–Crippen MR) is 235 cm³/mol. The molecule has 0 radical (unpaired) electrons. The number of hydrogen-bond acceptors (Lipinski definition) is 7. The molecule has 0 saturated heterocycles. The fraction of sp³-hybridized carbons (Fsp3) is 0.510. The van der Waals surface area contributed by atoms with E-state index in [1.807, 2.05) is 24.3 Å². The number of ether oxygens (including phenoxy) is 5. The van der Waals surface area contributed by atoms with Crippen molar-refractivity contribution < 1.29 is 23.7 Å².